The number of benzene rings is 3. The lowest BCUT2D eigenvalue weighted by molar-refractivity contribution is -0.122. The van der Waals surface area contributed by atoms with Crippen LogP contribution in [0.3, 0.4) is 0 Å². The standard InChI is InChI=1S/C31H31N3OS/c1-5-34-27-17-16-24(18-26(27)22(2)20-31(34,3)4)19-28-29(35)33(21-23-12-8-6-9-13-23)30(36-28)32-25-14-10-7-11-15-25/h6-20H,5,21H2,1-4H3/b28-19+,32-30?. The van der Waals surface area contributed by atoms with Crippen LogP contribution >= 0.6 is 11.8 Å². The minimum atomic E-state index is -0.0240. The fraction of sp³-hybridized carbons (Fsp3) is 0.226. The van der Waals surface area contributed by atoms with E-state index in [-0.39, 0.29) is 11.4 Å². The highest BCUT2D eigenvalue weighted by Crippen LogP contribution is 2.40. The van der Waals surface area contributed by atoms with E-state index in [2.05, 4.69) is 56.9 Å². The summed E-state index contributed by atoms with van der Waals surface area (Å²) >= 11 is 1.44. The van der Waals surface area contributed by atoms with Gasteiger partial charge in [0.2, 0.25) is 0 Å². The van der Waals surface area contributed by atoms with Gasteiger partial charge in [-0.05, 0) is 86.5 Å². The van der Waals surface area contributed by atoms with Crippen LogP contribution in [-0.2, 0) is 11.3 Å². The maximum atomic E-state index is 13.6. The number of amides is 1. The molecule has 182 valence electrons. The van der Waals surface area contributed by atoms with Gasteiger partial charge in [-0.2, -0.15) is 0 Å². The summed E-state index contributed by atoms with van der Waals surface area (Å²) in [6.07, 6.45) is 4.33. The van der Waals surface area contributed by atoms with Gasteiger partial charge in [-0.1, -0.05) is 60.7 Å². The van der Waals surface area contributed by atoms with E-state index in [1.807, 2.05) is 66.7 Å². The summed E-state index contributed by atoms with van der Waals surface area (Å²) in [7, 11) is 0. The van der Waals surface area contributed by atoms with Crippen molar-refractivity contribution >= 4 is 45.9 Å². The van der Waals surface area contributed by atoms with E-state index in [0.717, 1.165) is 23.4 Å². The third-order valence-electron chi connectivity index (χ3n) is 6.67. The second-order valence-electron chi connectivity index (χ2n) is 9.72. The molecule has 0 unspecified atom stereocenters. The van der Waals surface area contributed by atoms with Crippen LogP contribution in [0.4, 0.5) is 11.4 Å². The predicted molar refractivity (Wildman–Crippen MR) is 153 cm³/mol. The average Bonchev–Trinajstić information content (AvgIpc) is 3.14. The molecule has 1 fully saturated rings. The van der Waals surface area contributed by atoms with Crippen LogP contribution in [0.1, 0.15) is 44.4 Å². The Morgan fingerprint density at radius 3 is 2.36 bits per heavy atom. The van der Waals surface area contributed by atoms with Gasteiger partial charge in [-0.3, -0.25) is 9.69 Å². The molecule has 0 spiro atoms. The molecule has 0 aliphatic carbocycles. The maximum Gasteiger partial charge on any atom is 0.267 e. The number of amidine groups is 1. The number of thioether (sulfide) groups is 1. The molecule has 2 heterocycles. The molecule has 4 nitrogen and oxygen atoms in total. The number of rotatable bonds is 5. The SMILES string of the molecule is CCN1c2ccc(/C=C3/SC(=Nc4ccccc4)N(Cc4ccccc4)C3=O)cc2C(C)=CC1(C)C. The van der Waals surface area contributed by atoms with E-state index in [0.29, 0.717) is 16.6 Å². The van der Waals surface area contributed by atoms with E-state index in [1.54, 1.807) is 4.90 Å². The molecule has 5 heteroatoms. The number of fused-ring (bicyclic) bond motifs is 1. The summed E-state index contributed by atoms with van der Waals surface area (Å²) in [5, 5.41) is 0.703. The number of allylic oxidation sites excluding steroid dienone is 1. The van der Waals surface area contributed by atoms with Gasteiger partial charge in [0.15, 0.2) is 5.17 Å². The topological polar surface area (TPSA) is 35.9 Å². The molecule has 1 saturated heterocycles. The van der Waals surface area contributed by atoms with E-state index in [9.17, 15) is 4.79 Å². The van der Waals surface area contributed by atoms with E-state index in [4.69, 9.17) is 4.99 Å². The van der Waals surface area contributed by atoms with Gasteiger partial charge in [0.05, 0.1) is 22.7 Å². The van der Waals surface area contributed by atoms with Crippen molar-refractivity contribution in [2.75, 3.05) is 11.4 Å². The Balaban J connectivity index is 1.51. The zero-order chi connectivity index (χ0) is 25.3. The fourth-order valence-corrected chi connectivity index (χ4v) is 6.03. The molecule has 3 aromatic rings. The molecule has 0 aromatic heterocycles. The van der Waals surface area contributed by atoms with Crippen LogP contribution in [0.5, 0.6) is 0 Å². The van der Waals surface area contributed by atoms with E-state index in [1.165, 1.54) is 28.6 Å². The summed E-state index contributed by atoms with van der Waals surface area (Å²) < 4.78 is 0. The molecule has 2 aliphatic heterocycles. The summed E-state index contributed by atoms with van der Waals surface area (Å²) in [6, 6.07) is 26.4. The molecule has 5 rings (SSSR count). The third kappa shape index (κ3) is 4.76. The fourth-order valence-electron chi connectivity index (χ4n) is 5.03. The molecule has 0 atom stereocenters. The number of carbonyl (C=O) groups is 1. The Hall–Kier alpha value is -3.57. The normalized spacial score (nSPS) is 19.1. The van der Waals surface area contributed by atoms with Crippen LogP contribution in [0, 0.1) is 0 Å². The van der Waals surface area contributed by atoms with Gasteiger partial charge in [-0.15, -0.1) is 0 Å². The van der Waals surface area contributed by atoms with Crippen molar-refractivity contribution < 1.29 is 4.79 Å². The Bertz CT molecular complexity index is 1370. The molecular weight excluding hydrogens is 462 g/mol. The highest BCUT2D eigenvalue weighted by Gasteiger charge is 2.34. The quantitative estimate of drug-likeness (QED) is 0.345. The Kier molecular flexibility index (Phi) is 6.59. The molecule has 0 bridgehead atoms. The summed E-state index contributed by atoms with van der Waals surface area (Å²) in [5.74, 6) is -0.0140. The third-order valence-corrected chi connectivity index (χ3v) is 7.67. The van der Waals surface area contributed by atoms with Gasteiger partial charge >= 0.3 is 0 Å². The second-order valence-corrected chi connectivity index (χ2v) is 10.7. The molecule has 36 heavy (non-hydrogen) atoms. The molecule has 0 N–H and O–H groups in total. The van der Waals surface area contributed by atoms with Crippen LogP contribution < -0.4 is 4.90 Å². The van der Waals surface area contributed by atoms with E-state index >= 15 is 0 Å². The van der Waals surface area contributed by atoms with Crippen LogP contribution in [0.2, 0.25) is 0 Å². The highest BCUT2D eigenvalue weighted by molar-refractivity contribution is 8.18. The van der Waals surface area contributed by atoms with Crippen molar-refractivity contribution in [3.63, 3.8) is 0 Å². The molecule has 0 radical (unpaired) electrons. The number of hydrogen-bond donors (Lipinski definition) is 0. The maximum absolute atomic E-state index is 13.6. The number of para-hydroxylation sites is 1. The van der Waals surface area contributed by atoms with Crippen molar-refractivity contribution in [2.45, 2.75) is 39.8 Å². The number of aliphatic imine (C=N–C) groups is 1. The minimum Gasteiger partial charge on any atom is -0.363 e. The smallest absolute Gasteiger partial charge is 0.267 e. The Morgan fingerprint density at radius 1 is 0.972 bits per heavy atom. The van der Waals surface area contributed by atoms with Gasteiger partial charge < -0.3 is 4.90 Å². The lowest BCUT2D eigenvalue weighted by Crippen LogP contribution is -2.44. The first kappa shape index (κ1) is 24.1. The highest BCUT2D eigenvalue weighted by atomic mass is 32.2. The molecule has 3 aromatic carbocycles. The molecule has 1 amide bonds. The first-order valence-corrected chi connectivity index (χ1v) is 13.2. The van der Waals surface area contributed by atoms with Gasteiger partial charge in [0.1, 0.15) is 0 Å². The largest absolute Gasteiger partial charge is 0.363 e. The predicted octanol–water partition coefficient (Wildman–Crippen LogP) is 7.51. The Morgan fingerprint density at radius 2 is 1.67 bits per heavy atom. The summed E-state index contributed by atoms with van der Waals surface area (Å²) in [6.45, 7) is 10.3. The number of anilines is 1. The zero-order valence-corrected chi connectivity index (χ0v) is 22.0. The van der Waals surface area contributed by atoms with Crippen LogP contribution in [0.25, 0.3) is 11.6 Å². The summed E-state index contributed by atoms with van der Waals surface area (Å²) in [4.78, 5) is 23.3. The first-order chi connectivity index (χ1) is 17.4. The van der Waals surface area contributed by atoms with Crippen molar-refractivity contribution in [1.29, 1.82) is 0 Å². The van der Waals surface area contributed by atoms with Crippen molar-refractivity contribution in [3.05, 3.63) is 107 Å². The lowest BCUT2D eigenvalue weighted by atomic mass is 9.88. The Labute approximate surface area is 218 Å². The zero-order valence-electron chi connectivity index (χ0n) is 21.2. The second kappa shape index (κ2) is 9.82. The van der Waals surface area contributed by atoms with Crippen molar-refractivity contribution in [3.8, 4) is 0 Å². The number of likely N-dealkylation sites (N-methyl/N-ethyl adjacent to an activating group) is 1. The molecule has 0 saturated carbocycles. The number of carbonyl (C=O) groups excluding carboxylic acids is 1. The molecular formula is C31H31N3OS. The monoisotopic (exact) mass is 493 g/mol. The van der Waals surface area contributed by atoms with Crippen molar-refractivity contribution in [2.24, 2.45) is 4.99 Å². The molecule has 2 aliphatic rings. The summed E-state index contributed by atoms with van der Waals surface area (Å²) in [5.41, 5.74) is 6.64. The first-order valence-electron chi connectivity index (χ1n) is 12.4. The van der Waals surface area contributed by atoms with Crippen LogP contribution in [0.15, 0.2) is 94.8 Å². The number of hydrogen-bond acceptors (Lipinski definition) is 4. The van der Waals surface area contributed by atoms with Crippen LogP contribution in [-0.4, -0.2) is 28.1 Å². The average molecular weight is 494 g/mol. The lowest BCUT2D eigenvalue weighted by Gasteiger charge is -2.42. The van der Waals surface area contributed by atoms with Gasteiger partial charge in [0.25, 0.3) is 5.91 Å². The van der Waals surface area contributed by atoms with Gasteiger partial charge in [-0.25, -0.2) is 4.99 Å². The van der Waals surface area contributed by atoms with E-state index < -0.39 is 0 Å². The minimum absolute atomic E-state index is 0.0140. The number of nitrogens with zero attached hydrogens (tertiary/aromatic N) is 3. The van der Waals surface area contributed by atoms with Gasteiger partial charge in [0, 0.05) is 17.8 Å². The van der Waals surface area contributed by atoms with Crippen molar-refractivity contribution in [1.82, 2.24) is 4.90 Å².